The molecule has 0 aliphatic carbocycles. The molecule has 0 aliphatic heterocycles. The van der Waals surface area contributed by atoms with Crippen LogP contribution in [0.1, 0.15) is 17.5 Å². The molecule has 1 nitrogen and oxygen atoms in total. The number of pyridine rings is 1. The first-order valence-electron chi connectivity index (χ1n) is 4.13. The number of thiol groups is 1. The Morgan fingerprint density at radius 2 is 2.38 bits per heavy atom. The number of hydrogen-bond donors (Lipinski definition) is 1. The molecule has 1 aromatic heterocycles. The molecule has 0 saturated carbocycles. The van der Waals surface area contributed by atoms with Crippen LogP contribution in [0.25, 0.3) is 6.08 Å². The van der Waals surface area contributed by atoms with E-state index in [9.17, 15) is 4.39 Å². The van der Waals surface area contributed by atoms with Gasteiger partial charge in [-0.15, -0.1) is 0 Å². The van der Waals surface area contributed by atoms with Gasteiger partial charge in [-0.1, -0.05) is 12.2 Å². The summed E-state index contributed by atoms with van der Waals surface area (Å²) in [5, 5.41) is 0. The van der Waals surface area contributed by atoms with Crippen molar-refractivity contribution >= 4 is 18.7 Å². The summed E-state index contributed by atoms with van der Waals surface area (Å²) in [6.45, 7) is 1.71. The summed E-state index contributed by atoms with van der Waals surface area (Å²) in [6, 6.07) is 1.78. The van der Waals surface area contributed by atoms with Gasteiger partial charge >= 0.3 is 0 Å². The number of halogens is 1. The van der Waals surface area contributed by atoms with Crippen molar-refractivity contribution in [2.45, 2.75) is 13.3 Å². The van der Waals surface area contributed by atoms with E-state index in [1.807, 2.05) is 12.2 Å². The van der Waals surface area contributed by atoms with Crippen molar-refractivity contribution in [2.24, 2.45) is 0 Å². The summed E-state index contributed by atoms with van der Waals surface area (Å²) >= 11 is 4.08. The average Bonchev–Trinajstić information content (AvgIpc) is 2.12. The number of nitrogens with zero attached hydrogens (tertiary/aromatic N) is 1. The van der Waals surface area contributed by atoms with Crippen LogP contribution in [0.3, 0.4) is 0 Å². The summed E-state index contributed by atoms with van der Waals surface area (Å²) in [5.41, 5.74) is 1.51. The Hall–Kier alpha value is -0.830. The second-order valence-electron chi connectivity index (χ2n) is 2.79. The zero-order chi connectivity index (χ0) is 9.68. The van der Waals surface area contributed by atoms with Crippen molar-refractivity contribution in [1.82, 2.24) is 4.98 Å². The van der Waals surface area contributed by atoms with E-state index in [1.54, 1.807) is 13.0 Å². The number of hydrogen-bond acceptors (Lipinski definition) is 2. The monoisotopic (exact) mass is 197 g/mol. The van der Waals surface area contributed by atoms with Gasteiger partial charge in [-0.2, -0.15) is 17.0 Å². The van der Waals surface area contributed by atoms with Gasteiger partial charge in [0.1, 0.15) is 0 Å². The summed E-state index contributed by atoms with van der Waals surface area (Å²) < 4.78 is 12.7. The van der Waals surface area contributed by atoms with E-state index in [4.69, 9.17) is 0 Å². The van der Waals surface area contributed by atoms with Crippen LogP contribution in [-0.4, -0.2) is 10.7 Å². The molecule has 0 radical (unpaired) electrons. The Labute approximate surface area is 83.1 Å². The Kier molecular flexibility index (Phi) is 3.96. The fourth-order valence-electron chi connectivity index (χ4n) is 0.965. The highest BCUT2D eigenvalue weighted by atomic mass is 32.1. The van der Waals surface area contributed by atoms with E-state index in [-0.39, 0.29) is 0 Å². The molecule has 0 N–H and O–H groups in total. The normalized spacial score (nSPS) is 11.0. The van der Waals surface area contributed by atoms with Crippen LogP contribution in [0.2, 0.25) is 0 Å². The first-order valence-corrected chi connectivity index (χ1v) is 4.77. The second kappa shape index (κ2) is 5.02. The predicted octanol–water partition coefficient (Wildman–Crippen LogP) is 2.86. The van der Waals surface area contributed by atoms with Gasteiger partial charge in [0.05, 0.1) is 0 Å². The summed E-state index contributed by atoms with van der Waals surface area (Å²) in [4.78, 5) is 3.62. The molecule has 3 heteroatoms. The molecule has 1 aromatic rings. The lowest BCUT2D eigenvalue weighted by Crippen LogP contribution is -1.88. The molecule has 0 saturated heterocycles. The number of allylic oxidation sites excluding steroid dienone is 1. The Morgan fingerprint density at radius 3 is 3.00 bits per heavy atom. The molecule has 0 aromatic carbocycles. The van der Waals surface area contributed by atoms with E-state index in [0.717, 1.165) is 17.7 Å². The first-order chi connectivity index (χ1) is 6.24. The van der Waals surface area contributed by atoms with Crippen LogP contribution in [-0.2, 0) is 0 Å². The minimum Gasteiger partial charge on any atom is -0.227 e. The van der Waals surface area contributed by atoms with E-state index >= 15 is 0 Å². The van der Waals surface area contributed by atoms with Crippen LogP contribution in [0.15, 0.2) is 18.3 Å². The van der Waals surface area contributed by atoms with Gasteiger partial charge in [0.15, 0.2) is 0 Å². The molecule has 13 heavy (non-hydrogen) atoms. The Morgan fingerprint density at radius 1 is 1.62 bits per heavy atom. The smallest absolute Gasteiger partial charge is 0.215 e. The molecule has 0 fully saturated rings. The standard InChI is InChI=1S/C10H12FNS/c1-8-6-9(4-2-3-5-13)7-12-10(8)11/h2,4,6-7,13H,3,5H2,1H3. The van der Waals surface area contributed by atoms with Crippen molar-refractivity contribution < 1.29 is 4.39 Å². The topological polar surface area (TPSA) is 12.9 Å². The summed E-state index contributed by atoms with van der Waals surface area (Å²) in [7, 11) is 0. The van der Waals surface area contributed by atoms with Gasteiger partial charge in [-0.25, -0.2) is 4.98 Å². The maximum atomic E-state index is 12.7. The van der Waals surface area contributed by atoms with Crippen molar-refractivity contribution in [2.75, 3.05) is 5.75 Å². The van der Waals surface area contributed by atoms with Gasteiger partial charge in [0, 0.05) is 11.8 Å². The maximum absolute atomic E-state index is 12.7. The molecular weight excluding hydrogens is 185 g/mol. The summed E-state index contributed by atoms with van der Waals surface area (Å²) in [5.74, 6) is 0.427. The highest BCUT2D eigenvalue weighted by molar-refractivity contribution is 7.80. The number of rotatable bonds is 3. The molecule has 1 heterocycles. The molecule has 0 aliphatic rings. The first kappa shape index (κ1) is 10.3. The number of aryl methyl sites for hydroxylation is 1. The SMILES string of the molecule is Cc1cc(C=CCCS)cnc1F. The molecule has 0 unspecified atom stereocenters. The highest BCUT2D eigenvalue weighted by Gasteiger charge is 1.96. The quantitative estimate of drug-likeness (QED) is 0.580. The highest BCUT2D eigenvalue weighted by Crippen LogP contribution is 2.07. The molecule has 0 amide bonds. The second-order valence-corrected chi connectivity index (χ2v) is 3.24. The third-order valence-electron chi connectivity index (χ3n) is 1.64. The molecule has 1 rings (SSSR count). The van der Waals surface area contributed by atoms with Crippen molar-refractivity contribution in [3.8, 4) is 0 Å². The van der Waals surface area contributed by atoms with Crippen molar-refractivity contribution in [1.29, 1.82) is 0 Å². The fourth-order valence-corrected chi connectivity index (χ4v) is 1.11. The molecule has 0 atom stereocenters. The number of aromatic nitrogens is 1. The molecule has 70 valence electrons. The average molecular weight is 197 g/mol. The third kappa shape index (κ3) is 3.19. The predicted molar refractivity (Wildman–Crippen MR) is 56.4 cm³/mol. The third-order valence-corrected chi connectivity index (χ3v) is 1.90. The van der Waals surface area contributed by atoms with Crippen LogP contribution >= 0.6 is 12.6 Å². The Balaban J connectivity index is 2.73. The van der Waals surface area contributed by atoms with Crippen molar-refractivity contribution in [3.05, 3.63) is 35.4 Å². The Bertz CT molecular complexity index is 310. The fraction of sp³-hybridized carbons (Fsp3) is 0.300. The maximum Gasteiger partial charge on any atom is 0.215 e. The van der Waals surface area contributed by atoms with Crippen molar-refractivity contribution in [3.63, 3.8) is 0 Å². The molecule has 0 spiro atoms. The van der Waals surface area contributed by atoms with Crippen LogP contribution in [0.5, 0.6) is 0 Å². The van der Waals surface area contributed by atoms with Crippen LogP contribution in [0.4, 0.5) is 4.39 Å². The molecule has 0 bridgehead atoms. The summed E-state index contributed by atoms with van der Waals surface area (Å²) in [6.07, 6.45) is 6.37. The van der Waals surface area contributed by atoms with Gasteiger partial charge < -0.3 is 0 Å². The van der Waals surface area contributed by atoms with Gasteiger partial charge in [-0.3, -0.25) is 0 Å². The lowest BCUT2D eigenvalue weighted by molar-refractivity contribution is 0.574. The van der Waals surface area contributed by atoms with Crippen LogP contribution < -0.4 is 0 Å². The minimum atomic E-state index is -0.397. The van der Waals surface area contributed by atoms with E-state index < -0.39 is 5.95 Å². The van der Waals surface area contributed by atoms with Gasteiger partial charge in [0.25, 0.3) is 0 Å². The van der Waals surface area contributed by atoms with E-state index in [0.29, 0.717) is 5.56 Å². The van der Waals surface area contributed by atoms with E-state index in [1.165, 1.54) is 6.20 Å². The minimum absolute atomic E-state index is 0.397. The van der Waals surface area contributed by atoms with Crippen LogP contribution in [0, 0.1) is 12.9 Å². The van der Waals surface area contributed by atoms with Gasteiger partial charge in [0.2, 0.25) is 5.95 Å². The zero-order valence-electron chi connectivity index (χ0n) is 7.50. The zero-order valence-corrected chi connectivity index (χ0v) is 8.39. The van der Waals surface area contributed by atoms with Gasteiger partial charge in [-0.05, 0) is 30.7 Å². The molecular formula is C10H12FNS. The lowest BCUT2D eigenvalue weighted by Gasteiger charge is -1.96. The largest absolute Gasteiger partial charge is 0.227 e. The van der Waals surface area contributed by atoms with E-state index in [2.05, 4.69) is 17.6 Å². The lowest BCUT2D eigenvalue weighted by atomic mass is 10.2.